The first-order valence-electron chi connectivity index (χ1n) is 8.56. The number of aryl methyl sites for hydroxylation is 1. The van der Waals surface area contributed by atoms with E-state index < -0.39 is 17.9 Å². The fraction of sp³-hybridized carbons (Fsp3) is 0.368. The Labute approximate surface area is 151 Å². The van der Waals surface area contributed by atoms with Crippen molar-refractivity contribution in [3.8, 4) is 11.4 Å². The van der Waals surface area contributed by atoms with Gasteiger partial charge in [-0.25, -0.2) is 14.8 Å². The van der Waals surface area contributed by atoms with E-state index in [1.165, 1.54) is 6.20 Å². The second-order valence-corrected chi connectivity index (χ2v) is 6.33. The van der Waals surface area contributed by atoms with E-state index in [1.54, 1.807) is 6.92 Å². The molecule has 7 nitrogen and oxygen atoms in total. The summed E-state index contributed by atoms with van der Waals surface area (Å²) in [6.45, 7) is 2.67. The molecule has 1 saturated heterocycles. The van der Waals surface area contributed by atoms with Gasteiger partial charge in [0.15, 0.2) is 5.82 Å². The summed E-state index contributed by atoms with van der Waals surface area (Å²) >= 11 is 0. The highest BCUT2D eigenvalue weighted by molar-refractivity contribution is 5.97. The molecule has 1 aromatic carbocycles. The normalized spacial score (nSPS) is 18.1. The smallest absolute Gasteiger partial charge is 0.326 e. The van der Waals surface area contributed by atoms with Gasteiger partial charge in [-0.1, -0.05) is 30.3 Å². The number of carbonyl (C=O) groups excluding carboxylic acids is 1. The van der Waals surface area contributed by atoms with Crippen LogP contribution in [0.3, 0.4) is 0 Å². The maximum Gasteiger partial charge on any atom is 0.326 e. The molecule has 1 fully saturated rings. The van der Waals surface area contributed by atoms with Gasteiger partial charge in [-0.3, -0.25) is 4.79 Å². The average Bonchev–Trinajstić information content (AvgIpc) is 2.67. The number of carbonyl (C=O) groups is 2. The molecule has 2 N–H and O–H groups in total. The number of nitrogens with one attached hydrogen (secondary N) is 1. The van der Waals surface area contributed by atoms with Crippen molar-refractivity contribution in [2.75, 3.05) is 13.2 Å². The number of aromatic nitrogens is 2. The van der Waals surface area contributed by atoms with E-state index in [1.807, 2.05) is 30.3 Å². The second kappa shape index (κ2) is 8.05. The fourth-order valence-electron chi connectivity index (χ4n) is 3.05. The lowest BCUT2D eigenvalue weighted by Gasteiger charge is -2.28. The summed E-state index contributed by atoms with van der Waals surface area (Å²) < 4.78 is 5.35. The fourth-order valence-corrected chi connectivity index (χ4v) is 3.05. The Balaban J connectivity index is 1.77. The lowest BCUT2D eigenvalue weighted by atomic mass is 9.93. The summed E-state index contributed by atoms with van der Waals surface area (Å²) in [6, 6.07) is 8.46. The average molecular weight is 355 g/mol. The number of benzene rings is 1. The van der Waals surface area contributed by atoms with Crippen molar-refractivity contribution in [2.45, 2.75) is 25.8 Å². The quantitative estimate of drug-likeness (QED) is 0.851. The molecule has 1 amide bonds. The molecule has 7 heteroatoms. The summed E-state index contributed by atoms with van der Waals surface area (Å²) in [5.74, 6) is -1.27. The minimum Gasteiger partial charge on any atom is -0.480 e. The zero-order chi connectivity index (χ0) is 18.5. The summed E-state index contributed by atoms with van der Waals surface area (Å²) in [4.78, 5) is 32.8. The van der Waals surface area contributed by atoms with Crippen LogP contribution < -0.4 is 5.32 Å². The molecule has 136 valence electrons. The third-order valence-corrected chi connectivity index (χ3v) is 4.48. The molecule has 0 aliphatic carbocycles. The maximum absolute atomic E-state index is 12.6. The van der Waals surface area contributed by atoms with E-state index in [2.05, 4.69) is 15.3 Å². The number of hydrogen-bond acceptors (Lipinski definition) is 5. The van der Waals surface area contributed by atoms with Gasteiger partial charge in [-0.15, -0.1) is 0 Å². The Morgan fingerprint density at radius 3 is 2.69 bits per heavy atom. The first-order chi connectivity index (χ1) is 12.6. The Morgan fingerprint density at radius 1 is 1.31 bits per heavy atom. The van der Waals surface area contributed by atoms with E-state index >= 15 is 0 Å². The monoisotopic (exact) mass is 355 g/mol. The van der Waals surface area contributed by atoms with Crippen LogP contribution in [0, 0.1) is 12.8 Å². The van der Waals surface area contributed by atoms with E-state index in [4.69, 9.17) is 4.74 Å². The molecule has 1 aliphatic heterocycles. The minimum absolute atomic E-state index is 0.241. The number of aliphatic carboxylic acids is 1. The molecule has 0 radical (unpaired) electrons. The van der Waals surface area contributed by atoms with Gasteiger partial charge in [0.05, 0.1) is 17.9 Å². The van der Waals surface area contributed by atoms with E-state index in [0.29, 0.717) is 31.2 Å². The second-order valence-electron chi connectivity index (χ2n) is 6.33. The molecule has 0 saturated carbocycles. The van der Waals surface area contributed by atoms with E-state index in [0.717, 1.165) is 12.0 Å². The van der Waals surface area contributed by atoms with Crippen molar-refractivity contribution in [2.24, 2.45) is 5.92 Å². The van der Waals surface area contributed by atoms with Crippen LogP contribution in [0.1, 0.15) is 28.9 Å². The van der Waals surface area contributed by atoms with E-state index in [9.17, 15) is 14.7 Å². The minimum atomic E-state index is -1.06. The van der Waals surface area contributed by atoms with Gasteiger partial charge in [-0.05, 0) is 19.8 Å². The zero-order valence-corrected chi connectivity index (χ0v) is 14.5. The molecule has 2 unspecified atom stereocenters. The highest BCUT2D eigenvalue weighted by Crippen LogP contribution is 2.19. The number of carboxylic acid groups (broad SMARTS) is 1. The summed E-state index contributed by atoms with van der Waals surface area (Å²) in [5, 5.41) is 12.1. The lowest BCUT2D eigenvalue weighted by molar-refractivity contribution is -0.142. The van der Waals surface area contributed by atoms with Crippen molar-refractivity contribution in [1.82, 2.24) is 15.3 Å². The molecular formula is C19H21N3O4. The molecule has 0 spiro atoms. The Morgan fingerprint density at radius 2 is 2.08 bits per heavy atom. The summed E-state index contributed by atoms with van der Waals surface area (Å²) in [5.41, 5.74) is 1.62. The Hall–Kier alpha value is -2.80. The van der Waals surface area contributed by atoms with Crippen LogP contribution in [0.2, 0.25) is 0 Å². The molecule has 2 aromatic rings. The van der Waals surface area contributed by atoms with Crippen molar-refractivity contribution in [3.05, 3.63) is 47.8 Å². The van der Waals surface area contributed by atoms with Gasteiger partial charge < -0.3 is 15.2 Å². The van der Waals surface area contributed by atoms with Gasteiger partial charge in [0.2, 0.25) is 0 Å². The molecule has 2 heterocycles. The van der Waals surface area contributed by atoms with Gasteiger partial charge in [0.25, 0.3) is 5.91 Å². The van der Waals surface area contributed by atoms with Crippen LogP contribution in [0.5, 0.6) is 0 Å². The highest BCUT2D eigenvalue weighted by Gasteiger charge is 2.32. The van der Waals surface area contributed by atoms with Crippen molar-refractivity contribution >= 4 is 11.9 Å². The maximum atomic E-state index is 12.6. The third kappa shape index (κ3) is 4.05. The van der Waals surface area contributed by atoms with Gasteiger partial charge in [0.1, 0.15) is 6.04 Å². The van der Waals surface area contributed by atoms with Crippen LogP contribution in [0.4, 0.5) is 0 Å². The number of rotatable bonds is 5. The molecular weight excluding hydrogens is 334 g/mol. The summed E-state index contributed by atoms with van der Waals surface area (Å²) in [7, 11) is 0. The number of ether oxygens (including phenoxy) is 1. The summed E-state index contributed by atoms with van der Waals surface area (Å²) in [6.07, 6.45) is 2.94. The van der Waals surface area contributed by atoms with Gasteiger partial charge in [-0.2, -0.15) is 0 Å². The Bertz CT molecular complexity index is 789. The largest absolute Gasteiger partial charge is 0.480 e. The van der Waals surface area contributed by atoms with Crippen molar-refractivity contribution in [3.63, 3.8) is 0 Å². The molecule has 26 heavy (non-hydrogen) atoms. The first kappa shape index (κ1) is 18.0. The molecule has 0 bridgehead atoms. The molecule has 2 atom stereocenters. The number of carboxylic acids is 1. The molecule has 3 rings (SSSR count). The standard InChI is InChI=1S/C19H21N3O4/c1-12-15(10-20-17(21-12)13-6-3-2-4-7-13)18(23)22-16(19(24)25)14-8-5-9-26-11-14/h2-4,6-7,10,14,16H,5,8-9,11H2,1H3,(H,22,23)(H,24,25). The van der Waals surface area contributed by atoms with Crippen molar-refractivity contribution in [1.29, 1.82) is 0 Å². The Kier molecular flexibility index (Phi) is 5.58. The predicted molar refractivity (Wildman–Crippen MR) is 94.6 cm³/mol. The third-order valence-electron chi connectivity index (χ3n) is 4.48. The van der Waals surface area contributed by atoms with Crippen LogP contribution in [-0.4, -0.2) is 46.2 Å². The highest BCUT2D eigenvalue weighted by atomic mass is 16.5. The predicted octanol–water partition coefficient (Wildman–Crippen LogP) is 2.06. The topological polar surface area (TPSA) is 101 Å². The SMILES string of the molecule is Cc1nc(-c2ccccc2)ncc1C(=O)NC(C(=O)O)C1CCCOC1. The van der Waals surface area contributed by atoms with Crippen LogP contribution in [0.25, 0.3) is 11.4 Å². The molecule has 1 aliphatic rings. The van der Waals surface area contributed by atoms with Crippen LogP contribution in [-0.2, 0) is 9.53 Å². The van der Waals surface area contributed by atoms with Crippen molar-refractivity contribution < 1.29 is 19.4 Å². The lowest BCUT2D eigenvalue weighted by Crippen LogP contribution is -2.48. The zero-order valence-electron chi connectivity index (χ0n) is 14.5. The van der Waals surface area contributed by atoms with E-state index in [-0.39, 0.29) is 11.5 Å². The van der Waals surface area contributed by atoms with Crippen LogP contribution in [0.15, 0.2) is 36.5 Å². The first-order valence-corrected chi connectivity index (χ1v) is 8.56. The van der Waals surface area contributed by atoms with Crippen LogP contribution >= 0.6 is 0 Å². The number of nitrogens with zero attached hydrogens (tertiary/aromatic N) is 2. The number of amides is 1. The van der Waals surface area contributed by atoms with Gasteiger partial charge >= 0.3 is 5.97 Å². The molecule has 1 aromatic heterocycles. The van der Waals surface area contributed by atoms with Gasteiger partial charge in [0, 0.05) is 24.3 Å². The number of hydrogen-bond donors (Lipinski definition) is 2.